The molecule has 0 aliphatic rings. The fourth-order valence-corrected chi connectivity index (χ4v) is 3.09. The number of aryl methyl sites for hydroxylation is 1. The fourth-order valence-electron chi connectivity index (χ4n) is 3.09. The van der Waals surface area contributed by atoms with E-state index in [1.807, 2.05) is 31.2 Å². The summed E-state index contributed by atoms with van der Waals surface area (Å²) in [5.41, 5.74) is 4.60. The molecule has 130 valence electrons. The Balaban J connectivity index is 2.48. The van der Waals surface area contributed by atoms with Crippen LogP contribution in [0.1, 0.15) is 69.4 Å². The van der Waals surface area contributed by atoms with Crippen LogP contribution >= 0.6 is 0 Å². The average molecular weight is 326 g/mol. The highest BCUT2D eigenvalue weighted by atomic mass is 16.3. The molecule has 0 spiro atoms. The van der Waals surface area contributed by atoms with Gasteiger partial charge in [0.2, 0.25) is 0 Å². The molecule has 2 N–H and O–H groups in total. The number of benzene rings is 2. The van der Waals surface area contributed by atoms with Crippen LogP contribution in [0.2, 0.25) is 0 Å². The van der Waals surface area contributed by atoms with Gasteiger partial charge in [-0.3, -0.25) is 0 Å². The van der Waals surface area contributed by atoms with Gasteiger partial charge in [-0.05, 0) is 45.6 Å². The first-order valence-electron chi connectivity index (χ1n) is 8.55. The summed E-state index contributed by atoms with van der Waals surface area (Å²) in [7, 11) is 0. The highest BCUT2D eigenvalue weighted by Crippen LogP contribution is 2.37. The minimum atomic E-state index is -0.125. The quantitative estimate of drug-likeness (QED) is 0.755. The van der Waals surface area contributed by atoms with Crippen molar-refractivity contribution in [3.8, 4) is 11.5 Å². The van der Waals surface area contributed by atoms with Crippen molar-refractivity contribution in [3.05, 3.63) is 58.1 Å². The van der Waals surface area contributed by atoms with Crippen molar-refractivity contribution in [1.82, 2.24) is 0 Å². The lowest BCUT2D eigenvalue weighted by molar-refractivity contribution is 0.440. The van der Waals surface area contributed by atoms with Crippen LogP contribution < -0.4 is 0 Å². The van der Waals surface area contributed by atoms with E-state index < -0.39 is 0 Å². The monoisotopic (exact) mass is 326 g/mol. The van der Waals surface area contributed by atoms with E-state index in [9.17, 15) is 10.2 Å². The van der Waals surface area contributed by atoms with Gasteiger partial charge in [-0.1, -0.05) is 71.9 Å². The molecule has 2 heteroatoms. The topological polar surface area (TPSA) is 40.5 Å². The summed E-state index contributed by atoms with van der Waals surface area (Å²) in [6, 6.07) is 10.0. The predicted octanol–water partition coefficient (Wildman–Crippen LogP) is 5.59. The standard InChI is InChI=1S/C22H30O2/c1-14-11-15(13-18(19(14)23)22(5,6)7)12-16-9-8-10-17(20(16)24)21(2,3)4/h8-11,13,23-24H,12H2,1-7H3. The number of aromatic hydroxyl groups is 2. The van der Waals surface area contributed by atoms with Crippen LogP contribution in [0.5, 0.6) is 11.5 Å². The summed E-state index contributed by atoms with van der Waals surface area (Å²) in [6.45, 7) is 14.5. The van der Waals surface area contributed by atoms with Gasteiger partial charge < -0.3 is 10.2 Å². The van der Waals surface area contributed by atoms with Crippen molar-refractivity contribution in [2.24, 2.45) is 0 Å². The second-order valence-corrected chi connectivity index (χ2v) is 8.80. The van der Waals surface area contributed by atoms with Crippen LogP contribution in [-0.2, 0) is 17.3 Å². The molecule has 2 aromatic rings. The number of phenols is 2. The Morgan fingerprint density at radius 2 is 1.38 bits per heavy atom. The summed E-state index contributed by atoms with van der Waals surface area (Å²) in [5.74, 6) is 0.756. The molecule has 0 aliphatic heterocycles. The Morgan fingerprint density at radius 3 is 1.92 bits per heavy atom. The molecule has 0 saturated carbocycles. The largest absolute Gasteiger partial charge is 0.507 e. The zero-order valence-corrected chi connectivity index (χ0v) is 16.0. The van der Waals surface area contributed by atoms with E-state index in [-0.39, 0.29) is 10.8 Å². The number of para-hydroxylation sites is 1. The Bertz CT molecular complexity index is 744. The summed E-state index contributed by atoms with van der Waals surface area (Å²) in [6.07, 6.45) is 0.653. The Kier molecular flexibility index (Phi) is 4.72. The molecule has 2 nitrogen and oxygen atoms in total. The molecule has 2 aromatic carbocycles. The van der Waals surface area contributed by atoms with Crippen molar-refractivity contribution >= 4 is 0 Å². The molecule has 24 heavy (non-hydrogen) atoms. The van der Waals surface area contributed by atoms with Crippen molar-refractivity contribution in [1.29, 1.82) is 0 Å². The Morgan fingerprint density at radius 1 is 0.792 bits per heavy atom. The van der Waals surface area contributed by atoms with Crippen LogP contribution in [0.4, 0.5) is 0 Å². The molecule has 0 fully saturated rings. The second kappa shape index (κ2) is 6.16. The van der Waals surface area contributed by atoms with E-state index >= 15 is 0 Å². The van der Waals surface area contributed by atoms with E-state index in [0.29, 0.717) is 17.9 Å². The zero-order chi connectivity index (χ0) is 18.3. The summed E-state index contributed by atoms with van der Waals surface area (Å²) >= 11 is 0. The fraction of sp³-hybridized carbons (Fsp3) is 0.455. The van der Waals surface area contributed by atoms with Gasteiger partial charge in [0.05, 0.1) is 0 Å². The molecular weight excluding hydrogens is 296 g/mol. The van der Waals surface area contributed by atoms with Gasteiger partial charge in [-0.25, -0.2) is 0 Å². The van der Waals surface area contributed by atoms with E-state index in [0.717, 1.165) is 27.8 Å². The third-order valence-electron chi connectivity index (χ3n) is 4.49. The van der Waals surface area contributed by atoms with Crippen LogP contribution in [0.25, 0.3) is 0 Å². The lowest BCUT2D eigenvalue weighted by Crippen LogP contribution is -2.13. The second-order valence-electron chi connectivity index (χ2n) is 8.80. The van der Waals surface area contributed by atoms with E-state index in [2.05, 4.69) is 47.6 Å². The Hall–Kier alpha value is -1.96. The molecule has 0 aliphatic carbocycles. The van der Waals surface area contributed by atoms with E-state index in [1.54, 1.807) is 0 Å². The Labute approximate surface area is 146 Å². The van der Waals surface area contributed by atoms with Gasteiger partial charge in [0.25, 0.3) is 0 Å². The minimum Gasteiger partial charge on any atom is -0.507 e. The number of hydrogen-bond acceptors (Lipinski definition) is 2. The van der Waals surface area contributed by atoms with E-state index in [1.165, 1.54) is 0 Å². The molecular formula is C22H30O2. The van der Waals surface area contributed by atoms with Crippen molar-refractivity contribution in [3.63, 3.8) is 0 Å². The smallest absolute Gasteiger partial charge is 0.122 e. The molecule has 0 atom stereocenters. The predicted molar refractivity (Wildman–Crippen MR) is 101 cm³/mol. The van der Waals surface area contributed by atoms with Gasteiger partial charge in [0.15, 0.2) is 0 Å². The molecule has 0 aromatic heterocycles. The van der Waals surface area contributed by atoms with Crippen molar-refractivity contribution in [2.75, 3.05) is 0 Å². The van der Waals surface area contributed by atoms with Gasteiger partial charge in [-0.2, -0.15) is 0 Å². The maximum Gasteiger partial charge on any atom is 0.122 e. The van der Waals surface area contributed by atoms with Gasteiger partial charge in [0, 0.05) is 6.42 Å². The molecule has 0 unspecified atom stereocenters. The van der Waals surface area contributed by atoms with Crippen LogP contribution in [0, 0.1) is 6.92 Å². The zero-order valence-electron chi connectivity index (χ0n) is 16.0. The first kappa shape index (κ1) is 18.4. The summed E-state index contributed by atoms with van der Waals surface area (Å²) < 4.78 is 0. The maximum atomic E-state index is 10.7. The normalized spacial score (nSPS) is 12.5. The highest BCUT2D eigenvalue weighted by molar-refractivity contribution is 5.50. The number of hydrogen-bond donors (Lipinski definition) is 2. The third kappa shape index (κ3) is 3.75. The third-order valence-corrected chi connectivity index (χ3v) is 4.49. The summed E-state index contributed by atoms with van der Waals surface area (Å²) in [5, 5.41) is 21.1. The lowest BCUT2D eigenvalue weighted by atomic mass is 9.82. The lowest BCUT2D eigenvalue weighted by Gasteiger charge is -2.24. The van der Waals surface area contributed by atoms with Gasteiger partial charge in [0.1, 0.15) is 11.5 Å². The SMILES string of the molecule is Cc1cc(Cc2cccc(C(C)(C)C)c2O)cc(C(C)(C)C)c1O. The van der Waals surface area contributed by atoms with E-state index in [4.69, 9.17) is 0 Å². The maximum absolute atomic E-state index is 10.7. The first-order chi connectivity index (χ1) is 10.9. The highest BCUT2D eigenvalue weighted by Gasteiger charge is 2.22. The van der Waals surface area contributed by atoms with Crippen LogP contribution in [0.15, 0.2) is 30.3 Å². The van der Waals surface area contributed by atoms with Gasteiger partial charge in [-0.15, -0.1) is 0 Å². The molecule has 2 rings (SSSR count). The number of rotatable bonds is 2. The number of phenolic OH excluding ortho intramolecular Hbond substituents is 2. The van der Waals surface area contributed by atoms with Crippen LogP contribution in [-0.4, -0.2) is 10.2 Å². The first-order valence-corrected chi connectivity index (χ1v) is 8.55. The molecule has 0 saturated heterocycles. The van der Waals surface area contributed by atoms with Crippen LogP contribution in [0.3, 0.4) is 0 Å². The minimum absolute atomic E-state index is 0.0957. The molecule has 0 amide bonds. The van der Waals surface area contributed by atoms with Crippen molar-refractivity contribution < 1.29 is 10.2 Å². The molecule has 0 radical (unpaired) electrons. The van der Waals surface area contributed by atoms with Crippen molar-refractivity contribution in [2.45, 2.75) is 65.7 Å². The summed E-state index contributed by atoms with van der Waals surface area (Å²) in [4.78, 5) is 0. The molecule has 0 bridgehead atoms. The van der Waals surface area contributed by atoms with Gasteiger partial charge >= 0.3 is 0 Å². The average Bonchev–Trinajstić information content (AvgIpc) is 2.42. The molecule has 0 heterocycles.